The molecule has 0 spiro atoms. The smallest absolute Gasteiger partial charge is 0.000346 e. The molecule has 0 aliphatic rings. The number of hydrogen-bond donors (Lipinski definition) is 0. The molecule has 1 atom stereocenters. The molecule has 0 N–H and O–H groups in total. The summed E-state index contributed by atoms with van der Waals surface area (Å²) in [6.45, 7) is 7.29. The molecule has 0 bridgehead atoms. The van der Waals surface area contributed by atoms with Gasteiger partial charge in [0, 0.05) is 6.54 Å². The summed E-state index contributed by atoms with van der Waals surface area (Å²) >= 11 is 0. The fourth-order valence-electron chi connectivity index (χ4n) is 0.941. The van der Waals surface area contributed by atoms with Crippen molar-refractivity contribution in [2.75, 3.05) is 20.6 Å². The highest BCUT2D eigenvalue weighted by atomic mass is 15.1. The molecule has 1 radical (unpaired) electrons. The molecule has 0 saturated heterocycles. The Hall–Kier alpha value is -0.0400. The summed E-state index contributed by atoms with van der Waals surface area (Å²) in [5.41, 5.74) is 0. The van der Waals surface area contributed by atoms with Crippen molar-refractivity contribution >= 4 is 0 Å². The molecule has 0 aliphatic heterocycles. The van der Waals surface area contributed by atoms with Gasteiger partial charge in [0.05, 0.1) is 0 Å². The first kappa shape index (κ1) is 8.96. The Balaban J connectivity index is 3.31. The van der Waals surface area contributed by atoms with Crippen LogP contribution in [0.3, 0.4) is 0 Å². The van der Waals surface area contributed by atoms with Gasteiger partial charge in [-0.1, -0.05) is 20.3 Å². The third-order valence-corrected chi connectivity index (χ3v) is 1.61. The molecule has 0 amide bonds. The fraction of sp³-hybridized carbons (Fsp3) is 0.875. The Labute approximate surface area is 59.1 Å². The number of rotatable bonds is 4. The van der Waals surface area contributed by atoms with Gasteiger partial charge in [-0.15, -0.1) is 0 Å². The summed E-state index contributed by atoms with van der Waals surface area (Å²) in [6.07, 6.45) is 2.32. The Morgan fingerprint density at radius 2 is 2.00 bits per heavy atom. The Bertz CT molecular complexity index is 55.6. The molecule has 0 rings (SSSR count). The standard InChI is InChI=1S/C8H18N/c1-5-8(6-2)7-9(3)4/h8H,1,5-7H2,2-4H3. The van der Waals surface area contributed by atoms with Crippen molar-refractivity contribution in [1.82, 2.24) is 4.90 Å². The zero-order chi connectivity index (χ0) is 7.28. The summed E-state index contributed by atoms with van der Waals surface area (Å²) in [7, 11) is 4.22. The first-order valence-corrected chi connectivity index (χ1v) is 3.64. The molecule has 0 aromatic carbocycles. The van der Waals surface area contributed by atoms with Crippen molar-refractivity contribution in [1.29, 1.82) is 0 Å². The summed E-state index contributed by atoms with van der Waals surface area (Å²) in [4.78, 5) is 2.22. The lowest BCUT2D eigenvalue weighted by atomic mass is 10.0. The lowest BCUT2D eigenvalue weighted by molar-refractivity contribution is 0.319. The molecule has 9 heavy (non-hydrogen) atoms. The zero-order valence-corrected chi connectivity index (χ0v) is 6.85. The van der Waals surface area contributed by atoms with Gasteiger partial charge in [-0.3, -0.25) is 0 Å². The second kappa shape index (κ2) is 4.80. The average Bonchev–Trinajstić information content (AvgIpc) is 1.82. The van der Waals surface area contributed by atoms with E-state index in [-0.39, 0.29) is 0 Å². The fourth-order valence-corrected chi connectivity index (χ4v) is 0.941. The second-order valence-electron chi connectivity index (χ2n) is 2.83. The molecule has 0 aromatic rings. The van der Waals surface area contributed by atoms with E-state index in [9.17, 15) is 0 Å². The molecule has 55 valence electrons. The molecule has 1 unspecified atom stereocenters. The van der Waals surface area contributed by atoms with Crippen molar-refractivity contribution in [3.05, 3.63) is 6.92 Å². The van der Waals surface area contributed by atoms with Crippen molar-refractivity contribution in [2.45, 2.75) is 19.8 Å². The SMILES string of the molecule is [CH2]CC(CC)CN(C)C. The highest BCUT2D eigenvalue weighted by Crippen LogP contribution is 2.06. The maximum atomic E-state index is 3.88. The van der Waals surface area contributed by atoms with Crippen LogP contribution in [-0.4, -0.2) is 25.5 Å². The number of nitrogens with zero attached hydrogens (tertiary/aromatic N) is 1. The maximum absolute atomic E-state index is 3.88. The number of hydrogen-bond acceptors (Lipinski definition) is 1. The highest BCUT2D eigenvalue weighted by Gasteiger charge is 2.02. The van der Waals surface area contributed by atoms with E-state index in [0.717, 1.165) is 12.3 Å². The van der Waals surface area contributed by atoms with Crippen LogP contribution in [0.25, 0.3) is 0 Å². The van der Waals surface area contributed by atoms with Crippen LogP contribution in [-0.2, 0) is 0 Å². The molecule has 0 fully saturated rings. The summed E-state index contributed by atoms with van der Waals surface area (Å²) in [5.74, 6) is 0.792. The van der Waals surface area contributed by atoms with E-state index < -0.39 is 0 Å². The Morgan fingerprint density at radius 3 is 2.11 bits per heavy atom. The topological polar surface area (TPSA) is 3.24 Å². The van der Waals surface area contributed by atoms with Crippen LogP contribution >= 0.6 is 0 Å². The largest absolute Gasteiger partial charge is 0.309 e. The van der Waals surface area contributed by atoms with E-state index in [2.05, 4.69) is 32.8 Å². The molecular weight excluding hydrogens is 110 g/mol. The lowest BCUT2D eigenvalue weighted by Gasteiger charge is -2.17. The van der Waals surface area contributed by atoms with Crippen LogP contribution in [0.2, 0.25) is 0 Å². The van der Waals surface area contributed by atoms with Crippen LogP contribution in [0.4, 0.5) is 0 Å². The molecule has 0 heterocycles. The van der Waals surface area contributed by atoms with E-state index in [4.69, 9.17) is 0 Å². The van der Waals surface area contributed by atoms with Gasteiger partial charge in [0.1, 0.15) is 0 Å². The minimum atomic E-state index is 0.792. The van der Waals surface area contributed by atoms with E-state index >= 15 is 0 Å². The van der Waals surface area contributed by atoms with E-state index in [0.29, 0.717) is 0 Å². The molecule has 1 nitrogen and oxygen atoms in total. The first-order chi connectivity index (χ1) is 4.20. The van der Waals surface area contributed by atoms with E-state index in [1.165, 1.54) is 13.0 Å². The van der Waals surface area contributed by atoms with Crippen LogP contribution in [0, 0.1) is 12.8 Å². The molecule has 0 saturated carbocycles. The quantitative estimate of drug-likeness (QED) is 0.558. The van der Waals surface area contributed by atoms with Gasteiger partial charge in [0.25, 0.3) is 0 Å². The van der Waals surface area contributed by atoms with Crippen LogP contribution in [0.5, 0.6) is 0 Å². The van der Waals surface area contributed by atoms with Crippen LogP contribution in [0.1, 0.15) is 19.8 Å². The van der Waals surface area contributed by atoms with Crippen molar-refractivity contribution in [3.63, 3.8) is 0 Å². The second-order valence-corrected chi connectivity index (χ2v) is 2.83. The zero-order valence-electron chi connectivity index (χ0n) is 6.85. The average molecular weight is 128 g/mol. The van der Waals surface area contributed by atoms with Gasteiger partial charge in [-0.25, -0.2) is 0 Å². The third kappa shape index (κ3) is 4.46. The predicted molar refractivity (Wildman–Crippen MR) is 42.3 cm³/mol. The van der Waals surface area contributed by atoms with Gasteiger partial charge >= 0.3 is 0 Å². The highest BCUT2D eigenvalue weighted by molar-refractivity contribution is 4.60. The van der Waals surface area contributed by atoms with Crippen LogP contribution in [0.15, 0.2) is 0 Å². The lowest BCUT2D eigenvalue weighted by Crippen LogP contribution is -2.20. The predicted octanol–water partition coefficient (Wildman–Crippen LogP) is 1.80. The van der Waals surface area contributed by atoms with Gasteiger partial charge in [0.15, 0.2) is 0 Å². The van der Waals surface area contributed by atoms with Gasteiger partial charge in [-0.2, -0.15) is 0 Å². The minimum absolute atomic E-state index is 0.792. The van der Waals surface area contributed by atoms with Crippen molar-refractivity contribution < 1.29 is 0 Å². The van der Waals surface area contributed by atoms with Crippen LogP contribution < -0.4 is 0 Å². The van der Waals surface area contributed by atoms with Gasteiger partial charge < -0.3 is 4.90 Å². The summed E-state index contributed by atoms with van der Waals surface area (Å²) in [6, 6.07) is 0. The van der Waals surface area contributed by atoms with Gasteiger partial charge in [-0.05, 0) is 26.4 Å². The first-order valence-electron chi connectivity index (χ1n) is 3.64. The third-order valence-electron chi connectivity index (χ3n) is 1.61. The molecule has 1 heteroatoms. The monoisotopic (exact) mass is 128 g/mol. The Kier molecular flexibility index (Phi) is 4.78. The van der Waals surface area contributed by atoms with E-state index in [1.54, 1.807) is 0 Å². The molecule has 0 aromatic heterocycles. The normalized spacial score (nSPS) is 11.3. The van der Waals surface area contributed by atoms with Gasteiger partial charge in [0.2, 0.25) is 0 Å². The Morgan fingerprint density at radius 1 is 1.44 bits per heavy atom. The summed E-state index contributed by atoms with van der Waals surface area (Å²) in [5, 5.41) is 0. The van der Waals surface area contributed by atoms with Crippen molar-refractivity contribution in [3.8, 4) is 0 Å². The molecular formula is C8H18N. The minimum Gasteiger partial charge on any atom is -0.309 e. The van der Waals surface area contributed by atoms with E-state index in [1.807, 2.05) is 0 Å². The van der Waals surface area contributed by atoms with Crippen molar-refractivity contribution in [2.24, 2.45) is 5.92 Å². The molecule has 0 aliphatic carbocycles. The maximum Gasteiger partial charge on any atom is 0.000346 e. The summed E-state index contributed by atoms with van der Waals surface area (Å²) < 4.78 is 0.